The molecule has 0 atom stereocenters. The fourth-order valence-corrected chi connectivity index (χ4v) is 2.36. The van der Waals surface area contributed by atoms with Crippen LogP contribution in [0.1, 0.15) is 31.0 Å². The van der Waals surface area contributed by atoms with Crippen LogP contribution in [-0.2, 0) is 6.54 Å². The maximum atomic E-state index is 4.57. The number of hydrogen-bond acceptors (Lipinski definition) is 2. The van der Waals surface area contributed by atoms with Crippen LogP contribution in [0.15, 0.2) is 28.9 Å². The molecule has 1 N–H and O–H groups in total. The molecule has 0 aliphatic rings. The Balaban J connectivity index is 2.24. The Kier molecular flexibility index (Phi) is 4.64. The van der Waals surface area contributed by atoms with Gasteiger partial charge in [-0.2, -0.15) is 0 Å². The van der Waals surface area contributed by atoms with Gasteiger partial charge in [-0.25, -0.2) is 4.98 Å². The molecule has 1 heterocycles. The van der Waals surface area contributed by atoms with E-state index in [0.717, 1.165) is 28.3 Å². The first-order valence-electron chi connectivity index (χ1n) is 6.67. The van der Waals surface area contributed by atoms with Crippen LogP contribution < -0.4 is 5.32 Å². The van der Waals surface area contributed by atoms with E-state index in [0.29, 0.717) is 0 Å². The molecule has 2 aromatic rings. The van der Waals surface area contributed by atoms with Crippen LogP contribution in [0.3, 0.4) is 0 Å². The summed E-state index contributed by atoms with van der Waals surface area (Å²) in [6, 6.07) is 6.23. The van der Waals surface area contributed by atoms with Crippen molar-refractivity contribution in [3.63, 3.8) is 0 Å². The number of aromatic nitrogens is 2. The van der Waals surface area contributed by atoms with Crippen LogP contribution in [0.25, 0.3) is 0 Å². The fraction of sp³-hybridized carbons (Fsp3) is 0.400. The average Bonchev–Trinajstić information content (AvgIpc) is 2.71. The zero-order valence-corrected chi connectivity index (χ0v) is 13.3. The van der Waals surface area contributed by atoms with Crippen molar-refractivity contribution in [3.05, 3.63) is 40.1 Å². The topological polar surface area (TPSA) is 29.9 Å². The molecule has 0 spiro atoms. The summed E-state index contributed by atoms with van der Waals surface area (Å²) in [4.78, 5) is 4.57. The SMILES string of the molecule is CCCCn1cc(C)nc1Nc1cc(Br)ccc1C. The van der Waals surface area contributed by atoms with E-state index >= 15 is 0 Å². The number of aryl methyl sites for hydroxylation is 3. The van der Waals surface area contributed by atoms with Crippen molar-refractivity contribution in [2.24, 2.45) is 0 Å². The van der Waals surface area contributed by atoms with Crippen LogP contribution in [0.2, 0.25) is 0 Å². The van der Waals surface area contributed by atoms with Gasteiger partial charge in [0.2, 0.25) is 5.95 Å². The number of benzene rings is 1. The summed E-state index contributed by atoms with van der Waals surface area (Å²) in [7, 11) is 0. The van der Waals surface area contributed by atoms with Gasteiger partial charge in [0.05, 0.1) is 5.69 Å². The number of nitrogens with one attached hydrogen (secondary N) is 1. The van der Waals surface area contributed by atoms with Gasteiger partial charge in [-0.15, -0.1) is 0 Å². The second kappa shape index (κ2) is 6.24. The quantitative estimate of drug-likeness (QED) is 0.856. The molecule has 1 aromatic heterocycles. The summed E-state index contributed by atoms with van der Waals surface area (Å²) in [6.07, 6.45) is 4.46. The van der Waals surface area contributed by atoms with Gasteiger partial charge in [-0.3, -0.25) is 0 Å². The number of hydrogen-bond donors (Lipinski definition) is 1. The van der Waals surface area contributed by atoms with E-state index in [4.69, 9.17) is 0 Å². The Bertz CT molecular complexity index is 561. The molecule has 3 nitrogen and oxygen atoms in total. The van der Waals surface area contributed by atoms with Gasteiger partial charge >= 0.3 is 0 Å². The highest BCUT2D eigenvalue weighted by molar-refractivity contribution is 9.10. The zero-order chi connectivity index (χ0) is 13.8. The predicted octanol–water partition coefficient (Wildman–Crippen LogP) is 4.81. The van der Waals surface area contributed by atoms with Crippen LogP contribution in [-0.4, -0.2) is 9.55 Å². The zero-order valence-electron chi connectivity index (χ0n) is 11.7. The molecule has 0 aliphatic heterocycles. The summed E-state index contributed by atoms with van der Waals surface area (Å²) >= 11 is 3.51. The largest absolute Gasteiger partial charge is 0.325 e. The molecule has 0 aliphatic carbocycles. The molecular weight excluding hydrogens is 302 g/mol. The highest BCUT2D eigenvalue weighted by Gasteiger charge is 2.07. The van der Waals surface area contributed by atoms with Gasteiger partial charge in [-0.05, 0) is 38.0 Å². The van der Waals surface area contributed by atoms with E-state index in [2.05, 4.69) is 69.0 Å². The van der Waals surface area contributed by atoms with E-state index < -0.39 is 0 Å². The third-order valence-electron chi connectivity index (χ3n) is 3.10. The average molecular weight is 322 g/mol. The van der Waals surface area contributed by atoms with Crippen molar-refractivity contribution in [2.75, 3.05) is 5.32 Å². The van der Waals surface area contributed by atoms with E-state index in [-0.39, 0.29) is 0 Å². The van der Waals surface area contributed by atoms with Gasteiger partial charge in [0, 0.05) is 22.9 Å². The molecule has 0 saturated carbocycles. The smallest absolute Gasteiger partial charge is 0.207 e. The number of halogens is 1. The minimum Gasteiger partial charge on any atom is -0.325 e. The fourth-order valence-electron chi connectivity index (χ4n) is 1.99. The number of imidazole rings is 1. The predicted molar refractivity (Wildman–Crippen MR) is 84.0 cm³/mol. The van der Waals surface area contributed by atoms with Crippen LogP contribution in [0, 0.1) is 13.8 Å². The van der Waals surface area contributed by atoms with Gasteiger partial charge in [-0.1, -0.05) is 35.3 Å². The minimum atomic E-state index is 0.923. The van der Waals surface area contributed by atoms with Gasteiger partial charge in [0.1, 0.15) is 0 Å². The summed E-state index contributed by atoms with van der Waals surface area (Å²) in [5.74, 6) is 0.923. The number of anilines is 2. The highest BCUT2D eigenvalue weighted by atomic mass is 79.9. The first-order chi connectivity index (χ1) is 9.10. The van der Waals surface area contributed by atoms with Gasteiger partial charge in [0.15, 0.2) is 0 Å². The molecule has 0 amide bonds. The van der Waals surface area contributed by atoms with Gasteiger partial charge < -0.3 is 9.88 Å². The summed E-state index contributed by atoms with van der Waals surface area (Å²) in [6.45, 7) is 7.34. The van der Waals surface area contributed by atoms with Crippen molar-refractivity contribution in [2.45, 2.75) is 40.2 Å². The summed E-state index contributed by atoms with van der Waals surface area (Å²) < 4.78 is 3.27. The van der Waals surface area contributed by atoms with Crippen molar-refractivity contribution in [1.82, 2.24) is 9.55 Å². The second-order valence-electron chi connectivity index (χ2n) is 4.84. The first-order valence-corrected chi connectivity index (χ1v) is 7.46. The molecule has 1 aromatic carbocycles. The van der Waals surface area contributed by atoms with Crippen LogP contribution in [0.5, 0.6) is 0 Å². The number of unbranched alkanes of at least 4 members (excludes halogenated alkanes) is 1. The third-order valence-corrected chi connectivity index (χ3v) is 3.59. The highest BCUT2D eigenvalue weighted by Crippen LogP contribution is 2.24. The lowest BCUT2D eigenvalue weighted by Gasteiger charge is -2.11. The number of nitrogens with zero attached hydrogens (tertiary/aromatic N) is 2. The first kappa shape index (κ1) is 14.1. The van der Waals surface area contributed by atoms with E-state index in [9.17, 15) is 0 Å². The Morgan fingerprint density at radius 2 is 2.11 bits per heavy atom. The molecule has 0 saturated heterocycles. The molecule has 4 heteroatoms. The van der Waals surface area contributed by atoms with Crippen LogP contribution in [0.4, 0.5) is 11.6 Å². The Morgan fingerprint density at radius 1 is 1.32 bits per heavy atom. The molecule has 0 radical (unpaired) electrons. The lowest BCUT2D eigenvalue weighted by molar-refractivity contribution is 0.637. The molecule has 0 bridgehead atoms. The van der Waals surface area contributed by atoms with Crippen molar-refractivity contribution in [1.29, 1.82) is 0 Å². The molecule has 2 rings (SSSR count). The molecular formula is C15H20BrN3. The lowest BCUT2D eigenvalue weighted by Crippen LogP contribution is -2.04. The maximum absolute atomic E-state index is 4.57. The van der Waals surface area contributed by atoms with E-state index in [1.807, 2.05) is 6.92 Å². The Labute approximate surface area is 123 Å². The van der Waals surface area contributed by atoms with Crippen molar-refractivity contribution in [3.8, 4) is 0 Å². The van der Waals surface area contributed by atoms with Crippen LogP contribution >= 0.6 is 15.9 Å². The Morgan fingerprint density at radius 3 is 2.84 bits per heavy atom. The molecule has 102 valence electrons. The van der Waals surface area contributed by atoms with Gasteiger partial charge in [0.25, 0.3) is 0 Å². The second-order valence-corrected chi connectivity index (χ2v) is 5.75. The standard InChI is InChI=1S/C15H20BrN3/c1-4-5-8-19-10-12(3)17-15(19)18-14-9-13(16)7-6-11(14)2/h6-7,9-10H,4-5,8H2,1-3H3,(H,17,18). The lowest BCUT2D eigenvalue weighted by atomic mass is 10.2. The summed E-state index contributed by atoms with van der Waals surface area (Å²) in [5.41, 5.74) is 3.36. The molecule has 0 fully saturated rings. The molecule has 0 unspecified atom stereocenters. The monoisotopic (exact) mass is 321 g/mol. The Hall–Kier alpha value is -1.29. The number of rotatable bonds is 5. The van der Waals surface area contributed by atoms with E-state index in [1.165, 1.54) is 18.4 Å². The molecule has 19 heavy (non-hydrogen) atoms. The maximum Gasteiger partial charge on any atom is 0.207 e. The summed E-state index contributed by atoms with van der Waals surface area (Å²) in [5, 5.41) is 3.43. The normalized spacial score (nSPS) is 10.7. The third kappa shape index (κ3) is 3.60. The van der Waals surface area contributed by atoms with Crippen molar-refractivity contribution < 1.29 is 0 Å². The minimum absolute atomic E-state index is 0.923. The van der Waals surface area contributed by atoms with Crippen molar-refractivity contribution >= 4 is 27.6 Å². The van der Waals surface area contributed by atoms with E-state index in [1.54, 1.807) is 0 Å².